The molecule has 21 heavy (non-hydrogen) atoms. The number of epoxide rings is 1. The molecule has 1 aliphatic heterocycles. The highest BCUT2D eigenvalue weighted by Crippen LogP contribution is 2.28. The maximum atomic E-state index is 5.58. The summed E-state index contributed by atoms with van der Waals surface area (Å²) in [6, 6.07) is 0. The summed E-state index contributed by atoms with van der Waals surface area (Å²) in [6.07, 6.45) is 27.1. The van der Waals surface area contributed by atoms with Crippen LogP contribution in [0.2, 0.25) is 0 Å². The van der Waals surface area contributed by atoms with Crippen molar-refractivity contribution < 1.29 is 4.74 Å². The molecule has 0 spiro atoms. The lowest BCUT2D eigenvalue weighted by molar-refractivity contribution is 0.375. The van der Waals surface area contributed by atoms with Gasteiger partial charge in [0.2, 0.25) is 0 Å². The zero-order chi connectivity index (χ0) is 15.2. The van der Waals surface area contributed by atoms with Crippen LogP contribution >= 0.6 is 0 Å². The summed E-state index contributed by atoms with van der Waals surface area (Å²) in [5.41, 5.74) is 0. The molecule has 120 valence electrons. The van der Waals surface area contributed by atoms with Crippen LogP contribution in [-0.2, 0) is 4.74 Å². The van der Waals surface area contributed by atoms with Crippen molar-refractivity contribution in [3.05, 3.63) is 36.5 Å². The molecule has 0 aromatic rings. The second kappa shape index (κ2) is 12.9. The van der Waals surface area contributed by atoms with Crippen LogP contribution in [0.15, 0.2) is 36.5 Å². The number of hydrogen-bond acceptors (Lipinski definition) is 1. The molecule has 1 heteroatoms. The standard InChI is InChI=1S/C20H34O/c1-3-5-7-8-9-10-11-12-13-14-15-16-18-20-19(21-20)17-6-4-2/h12-16,18-20H,3-11,17H2,1-2H3/t19-,20-/m0/s1. The van der Waals surface area contributed by atoms with Crippen LogP contribution in [0.4, 0.5) is 0 Å². The van der Waals surface area contributed by atoms with Crippen LogP contribution in [0.3, 0.4) is 0 Å². The van der Waals surface area contributed by atoms with Gasteiger partial charge in [-0.15, -0.1) is 0 Å². The van der Waals surface area contributed by atoms with Gasteiger partial charge >= 0.3 is 0 Å². The molecular formula is C20H34O. The third kappa shape index (κ3) is 10.5. The number of rotatable bonds is 13. The Hall–Kier alpha value is -0.820. The van der Waals surface area contributed by atoms with E-state index in [0.29, 0.717) is 12.2 Å². The fourth-order valence-electron chi connectivity index (χ4n) is 2.48. The minimum atomic E-state index is 0.383. The van der Waals surface area contributed by atoms with Crippen molar-refractivity contribution in [1.29, 1.82) is 0 Å². The summed E-state index contributed by atoms with van der Waals surface area (Å²) in [6.45, 7) is 4.50. The molecule has 1 aliphatic rings. The summed E-state index contributed by atoms with van der Waals surface area (Å²) in [5, 5.41) is 0. The van der Waals surface area contributed by atoms with Crippen molar-refractivity contribution in [2.45, 2.75) is 90.3 Å². The van der Waals surface area contributed by atoms with E-state index in [4.69, 9.17) is 4.74 Å². The fourth-order valence-corrected chi connectivity index (χ4v) is 2.48. The molecule has 0 bridgehead atoms. The average Bonchev–Trinajstić information content (AvgIpc) is 3.24. The van der Waals surface area contributed by atoms with Crippen molar-refractivity contribution in [2.75, 3.05) is 0 Å². The van der Waals surface area contributed by atoms with E-state index >= 15 is 0 Å². The van der Waals surface area contributed by atoms with Gasteiger partial charge < -0.3 is 4.74 Å². The molecule has 0 aliphatic carbocycles. The second-order valence-electron chi connectivity index (χ2n) is 6.04. The summed E-state index contributed by atoms with van der Waals surface area (Å²) in [5.74, 6) is 0. The lowest BCUT2D eigenvalue weighted by atomic mass is 10.1. The predicted octanol–water partition coefficient (Wildman–Crippen LogP) is 6.36. The van der Waals surface area contributed by atoms with E-state index in [1.165, 1.54) is 64.2 Å². The molecule has 1 nitrogen and oxygen atoms in total. The first-order chi connectivity index (χ1) is 10.4. The lowest BCUT2D eigenvalue weighted by Crippen LogP contribution is -1.89. The molecule has 2 atom stereocenters. The Bertz CT molecular complexity index is 314. The van der Waals surface area contributed by atoms with E-state index in [2.05, 4.69) is 50.3 Å². The van der Waals surface area contributed by atoms with E-state index in [1.807, 2.05) is 0 Å². The normalized spacial score (nSPS) is 22.0. The zero-order valence-corrected chi connectivity index (χ0v) is 14.1. The SMILES string of the molecule is CCCCCCCCC=CC=CC=C[C@@H]1O[C@H]1CCCC. The van der Waals surface area contributed by atoms with Gasteiger partial charge in [0.05, 0.1) is 6.10 Å². The van der Waals surface area contributed by atoms with Gasteiger partial charge in [-0.1, -0.05) is 95.2 Å². The topological polar surface area (TPSA) is 12.5 Å². The third-order valence-electron chi connectivity index (χ3n) is 3.96. The van der Waals surface area contributed by atoms with Crippen molar-refractivity contribution in [1.82, 2.24) is 0 Å². The van der Waals surface area contributed by atoms with E-state index < -0.39 is 0 Å². The van der Waals surface area contributed by atoms with E-state index in [0.717, 1.165) is 0 Å². The third-order valence-corrected chi connectivity index (χ3v) is 3.96. The van der Waals surface area contributed by atoms with Gasteiger partial charge in [-0.3, -0.25) is 0 Å². The Morgan fingerprint density at radius 2 is 1.48 bits per heavy atom. The first-order valence-corrected chi connectivity index (χ1v) is 9.04. The molecule has 1 rings (SSSR count). The Kier molecular flexibility index (Phi) is 11.2. The van der Waals surface area contributed by atoms with Crippen LogP contribution in [0.25, 0.3) is 0 Å². The molecule has 0 aromatic heterocycles. The highest BCUT2D eigenvalue weighted by molar-refractivity contribution is 5.14. The number of hydrogen-bond donors (Lipinski definition) is 0. The van der Waals surface area contributed by atoms with Crippen molar-refractivity contribution in [3.8, 4) is 0 Å². The lowest BCUT2D eigenvalue weighted by Gasteiger charge is -1.97. The largest absolute Gasteiger partial charge is 0.365 e. The second-order valence-corrected chi connectivity index (χ2v) is 6.04. The molecule has 0 amide bonds. The Balaban J connectivity index is 1.91. The quantitative estimate of drug-likeness (QED) is 0.218. The number of unbranched alkanes of at least 4 members (excludes halogenated alkanes) is 7. The number of ether oxygens (including phenoxy) is 1. The number of allylic oxidation sites excluding steroid dienone is 5. The first-order valence-electron chi connectivity index (χ1n) is 9.04. The first kappa shape index (κ1) is 18.2. The summed E-state index contributed by atoms with van der Waals surface area (Å²) < 4.78 is 5.58. The van der Waals surface area contributed by atoms with Crippen molar-refractivity contribution in [2.24, 2.45) is 0 Å². The predicted molar refractivity (Wildman–Crippen MR) is 93.6 cm³/mol. The molecule has 0 unspecified atom stereocenters. The molecule has 0 aromatic carbocycles. The summed E-state index contributed by atoms with van der Waals surface area (Å²) in [7, 11) is 0. The van der Waals surface area contributed by atoms with Crippen molar-refractivity contribution >= 4 is 0 Å². The average molecular weight is 290 g/mol. The van der Waals surface area contributed by atoms with E-state index in [-0.39, 0.29) is 0 Å². The fraction of sp³-hybridized carbons (Fsp3) is 0.700. The van der Waals surface area contributed by atoms with E-state index in [1.54, 1.807) is 0 Å². The van der Waals surface area contributed by atoms with Gasteiger partial charge in [0.25, 0.3) is 0 Å². The van der Waals surface area contributed by atoms with Gasteiger partial charge in [-0.25, -0.2) is 0 Å². The van der Waals surface area contributed by atoms with Crippen LogP contribution < -0.4 is 0 Å². The molecule has 1 fully saturated rings. The Morgan fingerprint density at radius 3 is 2.29 bits per heavy atom. The minimum Gasteiger partial charge on any atom is -0.365 e. The van der Waals surface area contributed by atoms with Crippen molar-refractivity contribution in [3.63, 3.8) is 0 Å². The molecule has 0 radical (unpaired) electrons. The van der Waals surface area contributed by atoms with Crippen LogP contribution in [-0.4, -0.2) is 12.2 Å². The molecule has 1 heterocycles. The molecule has 0 N–H and O–H groups in total. The molecule has 0 saturated carbocycles. The van der Waals surface area contributed by atoms with Gasteiger partial charge in [0.1, 0.15) is 6.10 Å². The van der Waals surface area contributed by atoms with E-state index in [9.17, 15) is 0 Å². The van der Waals surface area contributed by atoms with Gasteiger partial charge in [0, 0.05) is 0 Å². The Morgan fingerprint density at radius 1 is 0.762 bits per heavy atom. The smallest absolute Gasteiger partial charge is 0.103 e. The highest BCUT2D eigenvalue weighted by Gasteiger charge is 2.34. The Labute approximate surface area is 132 Å². The van der Waals surface area contributed by atoms with Gasteiger partial charge in [-0.2, -0.15) is 0 Å². The molecular weight excluding hydrogens is 256 g/mol. The van der Waals surface area contributed by atoms with Gasteiger partial charge in [0.15, 0.2) is 0 Å². The maximum absolute atomic E-state index is 5.58. The van der Waals surface area contributed by atoms with Crippen LogP contribution in [0, 0.1) is 0 Å². The minimum absolute atomic E-state index is 0.383. The maximum Gasteiger partial charge on any atom is 0.103 e. The van der Waals surface area contributed by atoms with Crippen LogP contribution in [0.1, 0.15) is 78.1 Å². The van der Waals surface area contributed by atoms with Crippen LogP contribution in [0.5, 0.6) is 0 Å². The monoisotopic (exact) mass is 290 g/mol. The summed E-state index contributed by atoms with van der Waals surface area (Å²) >= 11 is 0. The zero-order valence-electron chi connectivity index (χ0n) is 14.1. The van der Waals surface area contributed by atoms with Gasteiger partial charge in [-0.05, 0) is 19.3 Å². The highest BCUT2D eigenvalue weighted by atomic mass is 16.6. The summed E-state index contributed by atoms with van der Waals surface area (Å²) in [4.78, 5) is 0. The molecule has 1 saturated heterocycles.